The lowest BCUT2D eigenvalue weighted by molar-refractivity contribution is 0.0356. The van der Waals surface area contributed by atoms with Gasteiger partial charge in [0.05, 0.1) is 23.3 Å². The predicted octanol–water partition coefficient (Wildman–Crippen LogP) is 9.98. The lowest BCUT2D eigenvalue weighted by atomic mass is 9.76. The fraction of sp³-hybridized carbons (Fsp3) is 0.450. The van der Waals surface area contributed by atoms with Gasteiger partial charge in [-0.2, -0.15) is 0 Å². The highest BCUT2D eigenvalue weighted by Crippen LogP contribution is 2.35. The van der Waals surface area contributed by atoms with Crippen LogP contribution in [0.3, 0.4) is 0 Å². The Balaban J connectivity index is 1.54. The van der Waals surface area contributed by atoms with Gasteiger partial charge in [0, 0.05) is 5.56 Å². The van der Waals surface area contributed by atoms with E-state index in [0.29, 0.717) is 51.9 Å². The molecule has 0 saturated heterocycles. The topological polar surface area (TPSA) is 105 Å². The van der Waals surface area contributed by atoms with Gasteiger partial charge in [0.15, 0.2) is 17.5 Å². The highest BCUT2D eigenvalue weighted by molar-refractivity contribution is 5.90. The lowest BCUT2D eigenvalue weighted by Gasteiger charge is -2.31. The molecule has 250 valence electrons. The average Bonchev–Trinajstić information content (AvgIpc) is 2.99. The highest BCUT2D eigenvalue weighted by atomic mass is 16.5. The molecule has 7 heteroatoms. The third-order valence-electron chi connectivity index (χ3n) is 8.46. The maximum Gasteiger partial charge on any atom is 0.338 e. The molecule has 0 amide bonds. The zero-order chi connectivity index (χ0) is 34.4. The second-order valence-corrected chi connectivity index (χ2v) is 15.5. The number of aromatic nitrogens is 3. The summed E-state index contributed by atoms with van der Waals surface area (Å²) in [5.74, 6) is 1.90. The molecule has 0 aliphatic rings. The number of benzene rings is 3. The quantitative estimate of drug-likeness (QED) is 0.149. The summed E-state index contributed by atoms with van der Waals surface area (Å²) in [6.07, 6.45) is 4.37. The van der Waals surface area contributed by atoms with Gasteiger partial charge in [-0.25, -0.2) is 19.7 Å². The predicted molar refractivity (Wildman–Crippen MR) is 189 cm³/mol. The van der Waals surface area contributed by atoms with Gasteiger partial charge in [0.2, 0.25) is 0 Å². The molecule has 0 aliphatic heterocycles. The van der Waals surface area contributed by atoms with Crippen LogP contribution in [-0.2, 0) is 4.74 Å². The second kappa shape index (κ2) is 15.1. The van der Waals surface area contributed by atoms with Crippen LogP contribution in [0.2, 0.25) is 0 Å². The standard InChI is InChI=1S/C40H51N3O4/c1-26(23-39(3,4)5)17-18-30(27(2)24-40(6,7)8)25-47-38(46)29-21-19-28(20-22-29)35-41-36(31-13-9-11-15-33(31)44)43-37(42-35)32-14-10-12-16-34(32)45/h9-16,19-22,26-27,30,44-45H,17-18,23-25H2,1-8H3. The molecule has 0 bridgehead atoms. The third kappa shape index (κ3) is 10.4. The van der Waals surface area contributed by atoms with Crippen LogP contribution in [0.25, 0.3) is 34.2 Å². The van der Waals surface area contributed by atoms with Crippen molar-refractivity contribution in [2.24, 2.45) is 28.6 Å². The fourth-order valence-corrected chi connectivity index (χ4v) is 6.40. The van der Waals surface area contributed by atoms with E-state index in [9.17, 15) is 15.0 Å². The number of hydrogen-bond acceptors (Lipinski definition) is 7. The molecular formula is C40H51N3O4. The summed E-state index contributed by atoms with van der Waals surface area (Å²) in [4.78, 5) is 27.1. The van der Waals surface area contributed by atoms with Gasteiger partial charge in [0.25, 0.3) is 0 Å². The van der Waals surface area contributed by atoms with Crippen LogP contribution < -0.4 is 0 Å². The maximum atomic E-state index is 13.3. The van der Waals surface area contributed by atoms with E-state index in [0.717, 1.165) is 19.3 Å². The van der Waals surface area contributed by atoms with Crippen molar-refractivity contribution in [1.29, 1.82) is 0 Å². The molecule has 0 spiro atoms. The monoisotopic (exact) mass is 637 g/mol. The lowest BCUT2D eigenvalue weighted by Crippen LogP contribution is -2.25. The summed E-state index contributed by atoms with van der Waals surface area (Å²) >= 11 is 0. The zero-order valence-electron chi connectivity index (χ0n) is 29.2. The van der Waals surface area contributed by atoms with Crippen LogP contribution >= 0.6 is 0 Å². The number of para-hydroxylation sites is 2. The van der Waals surface area contributed by atoms with Crippen LogP contribution in [-0.4, -0.2) is 37.7 Å². The minimum absolute atomic E-state index is 0.0322. The summed E-state index contributed by atoms with van der Waals surface area (Å²) in [5, 5.41) is 21.0. The van der Waals surface area contributed by atoms with Gasteiger partial charge in [-0.1, -0.05) is 98.2 Å². The van der Waals surface area contributed by atoms with Crippen LogP contribution in [0.1, 0.15) is 91.4 Å². The van der Waals surface area contributed by atoms with E-state index in [1.54, 1.807) is 72.8 Å². The molecule has 1 aromatic heterocycles. The van der Waals surface area contributed by atoms with E-state index in [1.165, 1.54) is 6.42 Å². The molecule has 3 unspecified atom stereocenters. The van der Waals surface area contributed by atoms with E-state index in [-0.39, 0.29) is 40.5 Å². The van der Waals surface area contributed by atoms with Crippen molar-refractivity contribution in [3.63, 3.8) is 0 Å². The molecule has 0 aliphatic carbocycles. The van der Waals surface area contributed by atoms with Gasteiger partial charge in [-0.3, -0.25) is 0 Å². The van der Waals surface area contributed by atoms with Crippen LogP contribution in [0, 0.1) is 28.6 Å². The average molecular weight is 638 g/mol. The minimum Gasteiger partial charge on any atom is -0.507 e. The normalized spacial score (nSPS) is 14.0. The molecule has 0 fully saturated rings. The Morgan fingerprint density at radius 3 is 1.66 bits per heavy atom. The molecule has 4 rings (SSSR count). The smallest absolute Gasteiger partial charge is 0.338 e. The molecular weight excluding hydrogens is 586 g/mol. The van der Waals surface area contributed by atoms with Crippen molar-refractivity contribution >= 4 is 5.97 Å². The molecule has 2 N–H and O–H groups in total. The van der Waals surface area contributed by atoms with E-state index >= 15 is 0 Å². The summed E-state index contributed by atoms with van der Waals surface area (Å²) in [6.45, 7) is 18.7. The summed E-state index contributed by atoms with van der Waals surface area (Å²) in [6, 6.07) is 20.6. The van der Waals surface area contributed by atoms with Crippen LogP contribution in [0.4, 0.5) is 0 Å². The summed E-state index contributed by atoms with van der Waals surface area (Å²) in [5.41, 5.74) is 2.48. The number of aromatic hydroxyl groups is 2. The van der Waals surface area contributed by atoms with Gasteiger partial charge < -0.3 is 14.9 Å². The summed E-state index contributed by atoms with van der Waals surface area (Å²) in [7, 11) is 0. The van der Waals surface area contributed by atoms with E-state index in [1.807, 2.05) is 0 Å². The number of phenols is 2. The maximum absolute atomic E-state index is 13.3. The molecule has 1 heterocycles. The third-order valence-corrected chi connectivity index (χ3v) is 8.46. The van der Waals surface area contributed by atoms with Crippen molar-refractivity contribution in [2.75, 3.05) is 6.61 Å². The Kier molecular flexibility index (Phi) is 11.4. The van der Waals surface area contributed by atoms with Gasteiger partial charge >= 0.3 is 5.97 Å². The molecule has 4 aromatic rings. The Labute approximate surface area is 280 Å². The first kappa shape index (κ1) is 35.6. The molecule has 0 saturated carbocycles. The number of esters is 1. The number of hydrogen-bond donors (Lipinski definition) is 2. The first-order valence-corrected chi connectivity index (χ1v) is 16.7. The number of carbonyl (C=O) groups is 1. The Morgan fingerprint density at radius 2 is 1.17 bits per heavy atom. The molecule has 0 radical (unpaired) electrons. The fourth-order valence-electron chi connectivity index (χ4n) is 6.40. The molecule has 47 heavy (non-hydrogen) atoms. The number of carbonyl (C=O) groups excluding carboxylic acids is 1. The van der Waals surface area contributed by atoms with E-state index < -0.39 is 0 Å². The highest BCUT2D eigenvalue weighted by Gasteiger charge is 2.26. The van der Waals surface area contributed by atoms with Crippen molar-refractivity contribution in [3.8, 4) is 45.7 Å². The van der Waals surface area contributed by atoms with Gasteiger partial charge in [-0.05, 0) is 84.2 Å². The molecule has 3 atom stereocenters. The second-order valence-electron chi connectivity index (χ2n) is 15.5. The van der Waals surface area contributed by atoms with Gasteiger partial charge in [0.1, 0.15) is 11.5 Å². The van der Waals surface area contributed by atoms with Crippen LogP contribution in [0.15, 0.2) is 72.8 Å². The molecule has 3 aromatic carbocycles. The first-order valence-electron chi connectivity index (χ1n) is 16.7. The minimum atomic E-state index is -0.354. The van der Waals surface area contributed by atoms with Crippen molar-refractivity contribution < 1.29 is 19.7 Å². The van der Waals surface area contributed by atoms with Crippen LogP contribution in [0.5, 0.6) is 11.5 Å². The van der Waals surface area contributed by atoms with E-state index in [4.69, 9.17) is 4.74 Å². The van der Waals surface area contributed by atoms with E-state index in [2.05, 4.69) is 70.3 Å². The van der Waals surface area contributed by atoms with Crippen molar-refractivity contribution in [2.45, 2.75) is 81.1 Å². The Morgan fingerprint density at radius 1 is 0.681 bits per heavy atom. The number of phenolic OH excluding ortho intramolecular Hbond substituents is 2. The van der Waals surface area contributed by atoms with Crippen molar-refractivity contribution in [3.05, 3.63) is 78.4 Å². The summed E-state index contributed by atoms with van der Waals surface area (Å²) < 4.78 is 5.95. The van der Waals surface area contributed by atoms with Crippen molar-refractivity contribution in [1.82, 2.24) is 15.0 Å². The largest absolute Gasteiger partial charge is 0.507 e. The zero-order valence-corrected chi connectivity index (χ0v) is 29.2. The molecule has 7 nitrogen and oxygen atoms in total. The SMILES string of the molecule is CC(CCC(COC(=O)c1ccc(-c2nc(-c3ccccc3O)nc(-c3ccccc3O)n2)cc1)C(C)CC(C)(C)C)CC(C)(C)C. The number of rotatable bonds is 12. The Bertz CT molecular complexity index is 1570. The number of ether oxygens (including phenoxy) is 1. The van der Waals surface area contributed by atoms with Gasteiger partial charge in [-0.15, -0.1) is 0 Å². The first-order chi connectivity index (χ1) is 22.1. The Hall–Kier alpha value is -4.26. The number of nitrogens with zero attached hydrogens (tertiary/aromatic N) is 3.